The molecule has 2 fully saturated rings. The lowest BCUT2D eigenvalue weighted by molar-refractivity contribution is -0.149. The maximum atomic E-state index is 12.9. The summed E-state index contributed by atoms with van der Waals surface area (Å²) < 4.78 is 1.10. The largest absolute Gasteiger partial charge is 0.481 e. The Labute approximate surface area is 132 Å². The summed E-state index contributed by atoms with van der Waals surface area (Å²) in [6.45, 7) is 0.936. The second kappa shape index (κ2) is 4.81. The number of aliphatic carboxylic acids is 1. The van der Waals surface area contributed by atoms with E-state index in [1.807, 2.05) is 29.6 Å². The molecule has 2 atom stereocenters. The molecule has 1 aliphatic carbocycles. The molecule has 4 nitrogen and oxygen atoms in total. The Morgan fingerprint density at radius 1 is 1.32 bits per heavy atom. The first-order valence-electron chi connectivity index (χ1n) is 7.61. The van der Waals surface area contributed by atoms with Gasteiger partial charge < -0.3 is 10.0 Å². The lowest BCUT2D eigenvalue weighted by Gasteiger charge is -2.23. The Kier molecular flexibility index (Phi) is 3.01. The topological polar surface area (TPSA) is 57.6 Å². The van der Waals surface area contributed by atoms with Gasteiger partial charge >= 0.3 is 5.97 Å². The van der Waals surface area contributed by atoms with Crippen molar-refractivity contribution in [3.8, 4) is 0 Å². The molecule has 114 valence electrons. The van der Waals surface area contributed by atoms with Gasteiger partial charge in [-0.15, -0.1) is 11.3 Å². The minimum atomic E-state index is -0.736. The first-order chi connectivity index (χ1) is 10.6. The molecule has 0 spiro atoms. The molecule has 1 aromatic carbocycles. The summed E-state index contributed by atoms with van der Waals surface area (Å²) in [5.74, 6) is -0.646. The Morgan fingerprint density at radius 3 is 2.91 bits per heavy atom. The highest BCUT2D eigenvalue weighted by molar-refractivity contribution is 7.17. The molecule has 1 N–H and O–H groups in total. The molecular weight excluding hydrogens is 298 g/mol. The zero-order valence-corrected chi connectivity index (χ0v) is 12.9. The average Bonchev–Trinajstić information content (AvgIpc) is 3.18. The van der Waals surface area contributed by atoms with Crippen molar-refractivity contribution in [3.63, 3.8) is 0 Å². The lowest BCUT2D eigenvalue weighted by atomic mass is 9.81. The van der Waals surface area contributed by atoms with Crippen LogP contribution in [0, 0.1) is 11.3 Å². The van der Waals surface area contributed by atoms with Gasteiger partial charge in [0.05, 0.1) is 11.0 Å². The van der Waals surface area contributed by atoms with E-state index in [-0.39, 0.29) is 11.8 Å². The number of amides is 1. The van der Waals surface area contributed by atoms with Crippen LogP contribution in [-0.4, -0.2) is 35.0 Å². The van der Waals surface area contributed by atoms with Gasteiger partial charge in [-0.25, -0.2) is 0 Å². The van der Waals surface area contributed by atoms with Crippen LogP contribution < -0.4 is 0 Å². The van der Waals surface area contributed by atoms with Crippen LogP contribution >= 0.6 is 11.3 Å². The molecule has 2 aromatic rings. The fourth-order valence-electron chi connectivity index (χ4n) is 4.11. The van der Waals surface area contributed by atoms with E-state index in [1.54, 1.807) is 16.2 Å². The van der Waals surface area contributed by atoms with Crippen LogP contribution in [-0.2, 0) is 4.79 Å². The van der Waals surface area contributed by atoms with E-state index in [9.17, 15) is 14.7 Å². The number of carboxylic acids is 1. The smallest absolute Gasteiger partial charge is 0.311 e. The number of carbonyl (C=O) groups excluding carboxylic acids is 1. The fraction of sp³-hybridized carbons (Fsp3) is 0.412. The number of likely N-dealkylation sites (tertiary alicyclic amines) is 1. The van der Waals surface area contributed by atoms with Crippen LogP contribution in [0.1, 0.15) is 29.6 Å². The van der Waals surface area contributed by atoms with Crippen molar-refractivity contribution in [1.82, 2.24) is 4.90 Å². The lowest BCUT2D eigenvalue weighted by Crippen LogP contribution is -2.37. The summed E-state index contributed by atoms with van der Waals surface area (Å²) in [6.07, 6.45) is 2.57. The van der Waals surface area contributed by atoms with Gasteiger partial charge in [-0.05, 0) is 24.8 Å². The number of carboxylic acid groups (broad SMARTS) is 1. The third-order valence-electron chi connectivity index (χ3n) is 5.30. The van der Waals surface area contributed by atoms with E-state index in [0.29, 0.717) is 25.1 Å². The number of hydrogen-bond acceptors (Lipinski definition) is 3. The number of fused-ring (bicyclic) bond motifs is 2. The maximum Gasteiger partial charge on any atom is 0.311 e. The van der Waals surface area contributed by atoms with Crippen LogP contribution in [0.5, 0.6) is 0 Å². The molecule has 0 bridgehead atoms. The summed E-state index contributed by atoms with van der Waals surface area (Å²) in [4.78, 5) is 26.4. The van der Waals surface area contributed by atoms with Crippen molar-refractivity contribution in [2.24, 2.45) is 11.3 Å². The van der Waals surface area contributed by atoms with Crippen LogP contribution in [0.15, 0.2) is 29.6 Å². The van der Waals surface area contributed by atoms with Crippen LogP contribution in [0.3, 0.4) is 0 Å². The molecule has 1 aliphatic heterocycles. The zero-order chi connectivity index (χ0) is 15.3. The minimum absolute atomic E-state index is 0.0209. The van der Waals surface area contributed by atoms with Crippen LogP contribution in [0.2, 0.25) is 0 Å². The molecule has 2 heterocycles. The number of thiophene rings is 1. The van der Waals surface area contributed by atoms with Crippen LogP contribution in [0.4, 0.5) is 0 Å². The third-order valence-corrected chi connectivity index (χ3v) is 6.26. The minimum Gasteiger partial charge on any atom is -0.481 e. The SMILES string of the molecule is O=C(c1csc2ccccc12)N1C[C@@H]2CCC[C@@]2(C(=O)O)C1. The number of benzene rings is 1. The molecule has 4 rings (SSSR count). The third kappa shape index (κ3) is 1.81. The summed E-state index contributed by atoms with van der Waals surface area (Å²) >= 11 is 1.56. The molecule has 0 radical (unpaired) electrons. The molecule has 1 saturated carbocycles. The zero-order valence-electron chi connectivity index (χ0n) is 12.1. The predicted octanol–water partition coefficient (Wildman–Crippen LogP) is 3.23. The summed E-state index contributed by atoms with van der Waals surface area (Å²) in [7, 11) is 0. The highest BCUT2D eigenvalue weighted by atomic mass is 32.1. The van der Waals surface area contributed by atoms with E-state index >= 15 is 0 Å². The van der Waals surface area contributed by atoms with E-state index in [1.165, 1.54) is 0 Å². The Bertz CT molecular complexity index is 768. The van der Waals surface area contributed by atoms with Crippen molar-refractivity contribution in [2.45, 2.75) is 19.3 Å². The molecule has 22 heavy (non-hydrogen) atoms. The standard InChI is InChI=1S/C17H17NO3S/c19-15(13-9-22-14-6-2-1-5-12(13)14)18-8-11-4-3-7-17(11,10-18)16(20)21/h1-2,5-6,9,11H,3-4,7-8,10H2,(H,20,21)/t11-,17+/m0/s1. The molecule has 1 amide bonds. The van der Waals surface area contributed by atoms with Gasteiger partial charge in [0.1, 0.15) is 0 Å². The van der Waals surface area contributed by atoms with Crippen molar-refractivity contribution in [1.29, 1.82) is 0 Å². The van der Waals surface area contributed by atoms with Gasteiger partial charge in [0, 0.05) is 28.6 Å². The Morgan fingerprint density at radius 2 is 2.14 bits per heavy atom. The molecule has 0 unspecified atom stereocenters. The summed E-state index contributed by atoms with van der Waals surface area (Å²) in [6, 6.07) is 7.87. The van der Waals surface area contributed by atoms with Gasteiger partial charge in [-0.1, -0.05) is 24.6 Å². The van der Waals surface area contributed by atoms with Gasteiger partial charge in [-0.3, -0.25) is 9.59 Å². The van der Waals surface area contributed by atoms with E-state index in [2.05, 4.69) is 0 Å². The second-order valence-electron chi connectivity index (χ2n) is 6.38. The van der Waals surface area contributed by atoms with E-state index in [4.69, 9.17) is 0 Å². The fourth-order valence-corrected chi connectivity index (χ4v) is 5.04. The first-order valence-corrected chi connectivity index (χ1v) is 8.49. The number of carbonyl (C=O) groups is 2. The molecule has 1 aromatic heterocycles. The molecule has 5 heteroatoms. The summed E-state index contributed by atoms with van der Waals surface area (Å²) in [5.41, 5.74) is 0.00250. The van der Waals surface area contributed by atoms with Crippen molar-refractivity contribution in [2.75, 3.05) is 13.1 Å². The van der Waals surface area contributed by atoms with Crippen molar-refractivity contribution < 1.29 is 14.7 Å². The number of hydrogen-bond donors (Lipinski definition) is 1. The highest BCUT2D eigenvalue weighted by Gasteiger charge is 2.55. The van der Waals surface area contributed by atoms with E-state index in [0.717, 1.165) is 22.9 Å². The quantitative estimate of drug-likeness (QED) is 0.925. The van der Waals surface area contributed by atoms with Crippen LogP contribution in [0.25, 0.3) is 10.1 Å². The van der Waals surface area contributed by atoms with Gasteiger partial charge in [0.15, 0.2) is 0 Å². The van der Waals surface area contributed by atoms with Crippen molar-refractivity contribution >= 4 is 33.3 Å². The van der Waals surface area contributed by atoms with Crippen molar-refractivity contribution in [3.05, 3.63) is 35.2 Å². The Balaban J connectivity index is 1.66. The number of nitrogens with zero attached hydrogens (tertiary/aromatic N) is 1. The average molecular weight is 315 g/mol. The predicted molar refractivity (Wildman–Crippen MR) is 85.1 cm³/mol. The normalized spacial score (nSPS) is 27.3. The monoisotopic (exact) mass is 315 g/mol. The molecular formula is C17H17NO3S. The highest BCUT2D eigenvalue weighted by Crippen LogP contribution is 2.49. The Hall–Kier alpha value is -1.88. The van der Waals surface area contributed by atoms with Gasteiger partial charge in [0.25, 0.3) is 5.91 Å². The molecule has 2 aliphatic rings. The number of rotatable bonds is 2. The van der Waals surface area contributed by atoms with E-state index < -0.39 is 11.4 Å². The second-order valence-corrected chi connectivity index (χ2v) is 7.29. The summed E-state index contributed by atoms with van der Waals surface area (Å²) in [5, 5.41) is 12.5. The molecule has 1 saturated heterocycles. The van der Waals surface area contributed by atoms with Gasteiger partial charge in [0.2, 0.25) is 0 Å². The first kappa shape index (κ1) is 13.8. The maximum absolute atomic E-state index is 12.9. The van der Waals surface area contributed by atoms with Gasteiger partial charge in [-0.2, -0.15) is 0 Å².